The highest BCUT2D eigenvalue weighted by Crippen LogP contribution is 2.43. The molecule has 0 spiro atoms. The maximum atomic E-state index is 12.8. The monoisotopic (exact) mass is 987 g/mol. The zero-order valence-corrected chi connectivity index (χ0v) is 45.9. The summed E-state index contributed by atoms with van der Waals surface area (Å²) in [5.74, 6) is -0.811. The fourth-order valence-corrected chi connectivity index (χ4v) is 8.11. The van der Waals surface area contributed by atoms with E-state index < -0.39 is 26.5 Å². The van der Waals surface area contributed by atoms with E-state index in [1.807, 2.05) is 21.1 Å². The van der Waals surface area contributed by atoms with Crippen LogP contribution in [0.4, 0.5) is 0 Å². The molecule has 1 N–H and O–H groups in total. The third-order valence-electron chi connectivity index (χ3n) is 11.7. The molecule has 0 amide bonds. The molecule has 0 aliphatic heterocycles. The van der Waals surface area contributed by atoms with Gasteiger partial charge in [-0.05, 0) is 89.9 Å². The molecule has 2 unspecified atom stereocenters. The van der Waals surface area contributed by atoms with Gasteiger partial charge in [0.2, 0.25) is 0 Å². The summed E-state index contributed by atoms with van der Waals surface area (Å²) < 4.78 is 34.5. The number of quaternary nitrogens is 1. The number of rotatable bonds is 50. The number of carbonyl (C=O) groups excluding carboxylic acids is 2. The zero-order chi connectivity index (χ0) is 50.6. The van der Waals surface area contributed by atoms with Crippen LogP contribution in [0.5, 0.6) is 0 Å². The van der Waals surface area contributed by atoms with Gasteiger partial charge in [0.1, 0.15) is 19.8 Å². The van der Waals surface area contributed by atoms with Gasteiger partial charge in [-0.2, -0.15) is 0 Å². The molecule has 0 radical (unpaired) electrons. The van der Waals surface area contributed by atoms with E-state index in [4.69, 9.17) is 18.5 Å². The van der Waals surface area contributed by atoms with E-state index in [-0.39, 0.29) is 32.0 Å². The lowest BCUT2D eigenvalue weighted by Gasteiger charge is -2.24. The zero-order valence-electron chi connectivity index (χ0n) is 45.0. The van der Waals surface area contributed by atoms with Gasteiger partial charge in [0, 0.05) is 12.8 Å². The topological polar surface area (TPSA) is 108 Å². The van der Waals surface area contributed by atoms with Gasteiger partial charge in [-0.25, -0.2) is 4.57 Å². The van der Waals surface area contributed by atoms with Crippen molar-refractivity contribution in [3.63, 3.8) is 0 Å². The number of likely N-dealkylation sites (N-methyl/N-ethyl adjacent to an activating group) is 1. The van der Waals surface area contributed by atoms with Crippen molar-refractivity contribution in [3.05, 3.63) is 85.1 Å². The number of esters is 2. The Morgan fingerprint density at radius 2 is 0.826 bits per heavy atom. The Bertz CT molecular complexity index is 1440. The summed E-state index contributed by atoms with van der Waals surface area (Å²) in [6.07, 6.45) is 66.4. The first-order valence-electron chi connectivity index (χ1n) is 27.8. The largest absolute Gasteiger partial charge is 0.472 e. The van der Waals surface area contributed by atoms with Crippen LogP contribution in [0.2, 0.25) is 0 Å². The number of nitrogens with zero attached hydrogens (tertiary/aromatic N) is 1. The minimum atomic E-state index is -4.39. The first-order chi connectivity index (χ1) is 33.5. The maximum Gasteiger partial charge on any atom is 0.472 e. The van der Waals surface area contributed by atoms with Crippen molar-refractivity contribution in [2.24, 2.45) is 0 Å². The van der Waals surface area contributed by atoms with Crippen LogP contribution in [0.3, 0.4) is 0 Å². The summed E-state index contributed by atoms with van der Waals surface area (Å²) in [6.45, 7) is 4.29. The van der Waals surface area contributed by atoms with Gasteiger partial charge in [-0.15, -0.1) is 0 Å². The third-order valence-corrected chi connectivity index (χ3v) is 12.6. The number of phosphoric acid groups is 1. The molecule has 0 aromatic heterocycles. The molecular weight excluding hydrogens is 882 g/mol. The molecular formula is C59H105NO8P+. The molecule has 69 heavy (non-hydrogen) atoms. The number of ether oxygens (including phenoxy) is 2. The van der Waals surface area contributed by atoms with Crippen LogP contribution in [0, 0.1) is 0 Å². The molecule has 9 nitrogen and oxygen atoms in total. The van der Waals surface area contributed by atoms with Crippen molar-refractivity contribution < 1.29 is 42.1 Å². The molecule has 0 aromatic carbocycles. The van der Waals surface area contributed by atoms with Crippen LogP contribution < -0.4 is 0 Å². The van der Waals surface area contributed by atoms with E-state index in [0.29, 0.717) is 17.4 Å². The van der Waals surface area contributed by atoms with Gasteiger partial charge in [-0.1, -0.05) is 208 Å². The molecule has 0 heterocycles. The Kier molecular flexibility index (Phi) is 48.1. The van der Waals surface area contributed by atoms with Gasteiger partial charge in [0.15, 0.2) is 6.10 Å². The number of unbranched alkanes of at least 4 members (excludes halogenated alkanes) is 22. The number of phosphoric ester groups is 1. The molecule has 0 aliphatic carbocycles. The minimum absolute atomic E-state index is 0.0262. The minimum Gasteiger partial charge on any atom is -0.462 e. The maximum absolute atomic E-state index is 12.8. The molecule has 0 rings (SSSR count). The van der Waals surface area contributed by atoms with Crippen molar-refractivity contribution in [2.75, 3.05) is 47.5 Å². The molecule has 0 aromatic rings. The van der Waals surface area contributed by atoms with E-state index in [9.17, 15) is 19.0 Å². The van der Waals surface area contributed by atoms with E-state index in [0.717, 1.165) is 96.3 Å². The molecule has 0 saturated carbocycles. The van der Waals surface area contributed by atoms with Crippen LogP contribution in [-0.2, 0) is 32.7 Å². The second-order valence-electron chi connectivity index (χ2n) is 19.6. The van der Waals surface area contributed by atoms with Crippen LogP contribution in [0.15, 0.2) is 85.1 Å². The highest BCUT2D eigenvalue weighted by molar-refractivity contribution is 7.47. The predicted octanol–water partition coefficient (Wildman–Crippen LogP) is 17.1. The van der Waals surface area contributed by atoms with Crippen LogP contribution in [0.25, 0.3) is 0 Å². The highest BCUT2D eigenvalue weighted by Gasteiger charge is 2.27. The second-order valence-corrected chi connectivity index (χ2v) is 21.0. The first kappa shape index (κ1) is 66.2. The first-order valence-corrected chi connectivity index (χ1v) is 29.3. The normalized spacial score (nSPS) is 14.0. The Morgan fingerprint density at radius 1 is 0.464 bits per heavy atom. The van der Waals surface area contributed by atoms with Gasteiger partial charge in [0.25, 0.3) is 0 Å². The molecule has 0 aliphatic rings. The standard InChI is InChI=1S/C59H104NO8P/c1-6-8-10-12-14-16-18-20-22-24-26-27-28-29-30-31-32-33-34-36-38-40-42-44-46-48-50-52-59(62)68-57(56-67-69(63,64)66-54-53-60(3,4)5)55-65-58(61)51-49-47-45-43-41-39-37-35-25-23-21-19-17-15-13-11-9-7-2/h8,10,14,16-17,19-20,22-23,25-27,29-30,57H,6-7,9,11-13,15,18,21,24,28,31-56H2,1-5H3/p+1/b10-8-,16-14-,19-17-,22-20-,25-23-,27-26-,30-29-. The number of hydrogen-bond donors (Lipinski definition) is 1. The van der Waals surface area contributed by atoms with Gasteiger partial charge < -0.3 is 18.9 Å². The van der Waals surface area contributed by atoms with E-state index in [2.05, 4.69) is 98.9 Å². The Morgan fingerprint density at radius 3 is 1.23 bits per heavy atom. The number of carbonyl (C=O) groups is 2. The molecule has 0 bridgehead atoms. The van der Waals surface area contributed by atoms with Gasteiger partial charge >= 0.3 is 19.8 Å². The average Bonchev–Trinajstić information content (AvgIpc) is 3.31. The predicted molar refractivity (Wildman–Crippen MR) is 293 cm³/mol. The van der Waals surface area contributed by atoms with E-state index in [1.165, 1.54) is 96.3 Å². The van der Waals surface area contributed by atoms with Crippen LogP contribution in [0.1, 0.15) is 226 Å². The van der Waals surface area contributed by atoms with E-state index in [1.54, 1.807) is 0 Å². The fraction of sp³-hybridized carbons (Fsp3) is 0.729. The second kappa shape index (κ2) is 50.1. The highest BCUT2D eigenvalue weighted by atomic mass is 31.2. The molecule has 2 atom stereocenters. The lowest BCUT2D eigenvalue weighted by atomic mass is 10.0. The average molecular weight is 987 g/mol. The molecule has 398 valence electrons. The van der Waals surface area contributed by atoms with Crippen LogP contribution in [-0.4, -0.2) is 74.9 Å². The summed E-state index contributed by atoms with van der Waals surface area (Å²) in [6, 6.07) is 0. The lowest BCUT2D eigenvalue weighted by molar-refractivity contribution is -0.870. The quantitative estimate of drug-likeness (QED) is 0.0211. The summed E-state index contributed by atoms with van der Waals surface area (Å²) in [4.78, 5) is 35.6. The Balaban J connectivity index is 4.21. The third kappa shape index (κ3) is 54.4. The number of hydrogen-bond acceptors (Lipinski definition) is 7. The summed E-state index contributed by atoms with van der Waals surface area (Å²) >= 11 is 0. The van der Waals surface area contributed by atoms with Crippen LogP contribution >= 0.6 is 7.82 Å². The van der Waals surface area contributed by atoms with Crippen molar-refractivity contribution >= 4 is 19.8 Å². The Hall–Kier alpha value is -2.81. The number of allylic oxidation sites excluding steroid dienone is 14. The summed E-state index contributed by atoms with van der Waals surface area (Å²) in [5.41, 5.74) is 0. The van der Waals surface area contributed by atoms with Crippen molar-refractivity contribution in [3.8, 4) is 0 Å². The van der Waals surface area contributed by atoms with E-state index >= 15 is 0 Å². The van der Waals surface area contributed by atoms with Gasteiger partial charge in [0.05, 0.1) is 27.7 Å². The summed E-state index contributed by atoms with van der Waals surface area (Å²) in [5, 5.41) is 0. The summed E-state index contributed by atoms with van der Waals surface area (Å²) in [7, 11) is 1.46. The van der Waals surface area contributed by atoms with Crippen molar-refractivity contribution in [2.45, 2.75) is 232 Å². The fourth-order valence-electron chi connectivity index (χ4n) is 7.37. The van der Waals surface area contributed by atoms with Gasteiger partial charge in [-0.3, -0.25) is 18.6 Å². The SMILES string of the molecule is CC/C=C\C/C=C\C/C=C\C/C=C\C/C=C\CCCCCCCCCCCCCC(=O)OC(COC(=O)CCCCCCCCC/C=C\C/C=C\CCCCCC)COP(=O)(O)OCC[N+](C)(C)C. The molecule has 10 heteroatoms. The van der Waals surface area contributed by atoms with Crippen molar-refractivity contribution in [1.29, 1.82) is 0 Å². The Labute approximate surface area is 424 Å². The van der Waals surface area contributed by atoms with Crippen molar-refractivity contribution in [1.82, 2.24) is 0 Å². The molecule has 0 fully saturated rings. The molecule has 0 saturated heterocycles. The lowest BCUT2D eigenvalue weighted by Crippen LogP contribution is -2.37. The smallest absolute Gasteiger partial charge is 0.462 e.